The molecule has 0 fully saturated rings. The van der Waals surface area contributed by atoms with E-state index in [1.807, 2.05) is 53.1 Å². The lowest BCUT2D eigenvalue weighted by molar-refractivity contribution is -0.136. The van der Waals surface area contributed by atoms with Crippen LogP contribution in [-0.4, -0.2) is 38.2 Å². The van der Waals surface area contributed by atoms with Gasteiger partial charge in [0, 0.05) is 6.07 Å². The number of benzene rings is 2. The fourth-order valence-corrected chi connectivity index (χ4v) is 3.29. The van der Waals surface area contributed by atoms with Crippen molar-refractivity contribution in [1.82, 2.24) is 14.8 Å². The fourth-order valence-electron chi connectivity index (χ4n) is 2.49. The molecule has 0 radical (unpaired) electrons. The Morgan fingerprint density at radius 2 is 1.89 bits per heavy atom. The summed E-state index contributed by atoms with van der Waals surface area (Å²) in [5.41, 5.74) is 1.06. The van der Waals surface area contributed by atoms with Crippen molar-refractivity contribution in [3.8, 4) is 11.5 Å². The number of carboxylic acid groups (broad SMARTS) is 1. The summed E-state index contributed by atoms with van der Waals surface area (Å²) < 4.78 is 12.9. The quantitative estimate of drug-likeness (QED) is 0.551. The van der Waals surface area contributed by atoms with Gasteiger partial charge in [-0.05, 0) is 24.6 Å². The van der Waals surface area contributed by atoms with Crippen molar-refractivity contribution in [2.45, 2.75) is 30.5 Å². The number of ether oxygens (including phenoxy) is 2. The number of nitrogens with zero attached hydrogens (tertiary/aromatic N) is 3. The molecule has 0 aliphatic rings. The van der Waals surface area contributed by atoms with E-state index in [2.05, 4.69) is 10.2 Å². The van der Waals surface area contributed by atoms with E-state index < -0.39 is 11.2 Å². The summed E-state index contributed by atoms with van der Waals surface area (Å²) in [7, 11) is 1.60. The van der Waals surface area contributed by atoms with Gasteiger partial charge in [-0.3, -0.25) is 9.36 Å². The van der Waals surface area contributed by atoms with Crippen LogP contribution in [0.25, 0.3) is 0 Å². The minimum absolute atomic E-state index is 0.203. The van der Waals surface area contributed by atoms with Crippen LogP contribution < -0.4 is 9.47 Å². The van der Waals surface area contributed by atoms with Gasteiger partial charge in [0.15, 0.2) is 11.0 Å². The van der Waals surface area contributed by atoms with Crippen LogP contribution in [-0.2, 0) is 17.9 Å². The molecule has 8 heteroatoms. The van der Waals surface area contributed by atoms with Crippen molar-refractivity contribution in [2.24, 2.45) is 0 Å². The third-order valence-corrected chi connectivity index (χ3v) is 5.08. The fraction of sp³-hybridized carbons (Fsp3) is 0.250. The zero-order valence-electron chi connectivity index (χ0n) is 15.6. The van der Waals surface area contributed by atoms with Crippen LogP contribution in [0.5, 0.6) is 11.5 Å². The maximum atomic E-state index is 11.2. The van der Waals surface area contributed by atoms with Crippen LogP contribution in [0, 0.1) is 0 Å². The molecule has 0 saturated heterocycles. The topological polar surface area (TPSA) is 86.5 Å². The lowest BCUT2D eigenvalue weighted by Crippen LogP contribution is -2.14. The number of hydrogen-bond donors (Lipinski definition) is 1. The Hall–Kier alpha value is -3.00. The number of aliphatic carboxylic acids is 1. The van der Waals surface area contributed by atoms with Crippen LogP contribution in [0.1, 0.15) is 18.3 Å². The molecule has 1 heterocycles. The van der Waals surface area contributed by atoms with Crippen molar-refractivity contribution in [1.29, 1.82) is 0 Å². The zero-order valence-corrected chi connectivity index (χ0v) is 16.4. The highest BCUT2D eigenvalue weighted by Crippen LogP contribution is 2.25. The lowest BCUT2D eigenvalue weighted by atomic mass is 10.2. The zero-order chi connectivity index (χ0) is 19.9. The van der Waals surface area contributed by atoms with Crippen molar-refractivity contribution in [3.05, 3.63) is 66.0 Å². The molecule has 0 aliphatic heterocycles. The maximum absolute atomic E-state index is 11.2. The highest BCUT2D eigenvalue weighted by Gasteiger charge is 2.20. The summed E-state index contributed by atoms with van der Waals surface area (Å²) >= 11 is 1.16. The van der Waals surface area contributed by atoms with Crippen LogP contribution >= 0.6 is 11.8 Å². The second kappa shape index (κ2) is 9.27. The van der Waals surface area contributed by atoms with E-state index in [-0.39, 0.29) is 6.61 Å². The summed E-state index contributed by atoms with van der Waals surface area (Å²) in [5, 5.41) is 17.5. The minimum Gasteiger partial charge on any atom is -0.497 e. The lowest BCUT2D eigenvalue weighted by Gasteiger charge is -2.12. The molecule has 146 valence electrons. The standard InChI is InChI=1S/C20H21N3O4S/c1-14(19(24)25)28-20-22-21-18(23(20)12-15-7-4-3-5-8-15)13-27-17-10-6-9-16(11-17)26-2/h3-11,14H,12-13H2,1-2H3,(H,24,25). The van der Waals surface area contributed by atoms with Gasteiger partial charge in [0.1, 0.15) is 23.4 Å². The molecule has 1 aromatic heterocycles. The van der Waals surface area contributed by atoms with Gasteiger partial charge in [-0.2, -0.15) is 0 Å². The van der Waals surface area contributed by atoms with E-state index in [0.29, 0.717) is 29.0 Å². The summed E-state index contributed by atoms with van der Waals surface area (Å²) in [5.74, 6) is 1.08. The second-order valence-electron chi connectivity index (χ2n) is 6.04. The second-order valence-corrected chi connectivity index (χ2v) is 7.34. The summed E-state index contributed by atoms with van der Waals surface area (Å²) in [6, 6.07) is 17.2. The van der Waals surface area contributed by atoms with Gasteiger partial charge in [0.25, 0.3) is 0 Å². The molecule has 2 aromatic carbocycles. The number of thioether (sulfide) groups is 1. The molecule has 1 atom stereocenters. The van der Waals surface area contributed by atoms with Gasteiger partial charge < -0.3 is 14.6 Å². The first-order valence-electron chi connectivity index (χ1n) is 8.69. The Morgan fingerprint density at radius 3 is 2.61 bits per heavy atom. The molecular weight excluding hydrogens is 378 g/mol. The van der Waals surface area contributed by atoms with Crippen LogP contribution in [0.2, 0.25) is 0 Å². The number of carbonyl (C=O) groups is 1. The van der Waals surface area contributed by atoms with E-state index >= 15 is 0 Å². The molecule has 3 aromatic rings. The van der Waals surface area contributed by atoms with Gasteiger partial charge in [0.05, 0.1) is 13.7 Å². The first-order chi connectivity index (χ1) is 13.6. The number of hydrogen-bond acceptors (Lipinski definition) is 6. The SMILES string of the molecule is COc1cccc(OCc2nnc(SC(C)C(=O)O)n2Cc2ccccc2)c1. The molecule has 1 N–H and O–H groups in total. The molecule has 0 amide bonds. The Morgan fingerprint density at radius 1 is 1.14 bits per heavy atom. The first-order valence-corrected chi connectivity index (χ1v) is 9.57. The molecule has 1 unspecified atom stereocenters. The smallest absolute Gasteiger partial charge is 0.316 e. The molecule has 7 nitrogen and oxygen atoms in total. The summed E-state index contributed by atoms with van der Waals surface area (Å²) in [6.07, 6.45) is 0. The first kappa shape index (κ1) is 19.8. The van der Waals surface area contributed by atoms with Gasteiger partial charge in [-0.15, -0.1) is 10.2 Å². The van der Waals surface area contributed by atoms with E-state index in [9.17, 15) is 9.90 Å². The Labute approximate surface area is 167 Å². The molecule has 0 saturated carbocycles. The average Bonchev–Trinajstić information content (AvgIpc) is 3.08. The minimum atomic E-state index is -0.895. The van der Waals surface area contributed by atoms with Crippen LogP contribution in [0.15, 0.2) is 59.8 Å². The number of rotatable bonds is 9. The number of carboxylic acids is 1. The van der Waals surface area contributed by atoms with E-state index in [4.69, 9.17) is 9.47 Å². The van der Waals surface area contributed by atoms with E-state index in [1.165, 1.54) is 0 Å². The van der Waals surface area contributed by atoms with Crippen molar-refractivity contribution < 1.29 is 19.4 Å². The predicted molar refractivity (Wildman–Crippen MR) is 106 cm³/mol. The number of aromatic nitrogens is 3. The van der Waals surface area contributed by atoms with Crippen molar-refractivity contribution in [2.75, 3.05) is 7.11 Å². The summed E-state index contributed by atoms with van der Waals surface area (Å²) in [6.45, 7) is 2.36. The van der Waals surface area contributed by atoms with Crippen LogP contribution in [0.4, 0.5) is 0 Å². The maximum Gasteiger partial charge on any atom is 0.316 e. The molecule has 28 heavy (non-hydrogen) atoms. The molecule has 0 spiro atoms. The Bertz CT molecular complexity index is 930. The summed E-state index contributed by atoms with van der Waals surface area (Å²) in [4.78, 5) is 11.2. The molecule has 0 bridgehead atoms. The highest BCUT2D eigenvalue weighted by molar-refractivity contribution is 8.00. The van der Waals surface area contributed by atoms with Crippen molar-refractivity contribution >= 4 is 17.7 Å². The van der Waals surface area contributed by atoms with E-state index in [1.54, 1.807) is 20.1 Å². The van der Waals surface area contributed by atoms with Gasteiger partial charge in [-0.1, -0.05) is 48.2 Å². The Balaban J connectivity index is 1.82. The van der Waals surface area contributed by atoms with Gasteiger partial charge >= 0.3 is 5.97 Å². The Kier molecular flexibility index (Phi) is 6.54. The highest BCUT2D eigenvalue weighted by atomic mass is 32.2. The predicted octanol–water partition coefficient (Wildman–Crippen LogP) is 3.48. The third-order valence-electron chi connectivity index (χ3n) is 4.02. The largest absolute Gasteiger partial charge is 0.497 e. The molecule has 3 rings (SSSR count). The molecular formula is C20H21N3O4S. The van der Waals surface area contributed by atoms with Gasteiger partial charge in [0.2, 0.25) is 0 Å². The monoisotopic (exact) mass is 399 g/mol. The number of methoxy groups -OCH3 is 1. The van der Waals surface area contributed by atoms with Crippen molar-refractivity contribution in [3.63, 3.8) is 0 Å². The van der Waals surface area contributed by atoms with Crippen LogP contribution in [0.3, 0.4) is 0 Å². The normalized spacial score (nSPS) is 11.8. The third kappa shape index (κ3) is 5.04. The molecule has 0 aliphatic carbocycles. The van der Waals surface area contributed by atoms with E-state index in [0.717, 1.165) is 17.3 Å². The average molecular weight is 399 g/mol. The van der Waals surface area contributed by atoms with Gasteiger partial charge in [-0.25, -0.2) is 0 Å².